The Kier molecular flexibility index (Phi) is 10.9. The van der Waals surface area contributed by atoms with Gasteiger partial charge in [0.25, 0.3) is 11.8 Å². The van der Waals surface area contributed by atoms with Crippen LogP contribution in [-0.4, -0.2) is 34.8 Å². The highest BCUT2D eigenvalue weighted by Gasteiger charge is 2.32. The summed E-state index contributed by atoms with van der Waals surface area (Å²) in [6.45, 7) is 0. The largest absolute Gasteiger partial charge is 0.322 e. The molecule has 0 saturated heterocycles. The first kappa shape index (κ1) is 37.6. The quantitative estimate of drug-likeness (QED) is 0.0907. The first-order chi connectivity index (χ1) is 26.5. The molecular formula is C40H23Cl5N6O4. The molecule has 272 valence electrons. The molecule has 0 spiro atoms. The minimum absolute atomic E-state index is 0.0122. The van der Waals surface area contributed by atoms with Gasteiger partial charge in [0.05, 0.1) is 43.3 Å². The van der Waals surface area contributed by atoms with Crippen LogP contribution in [0.15, 0.2) is 124 Å². The van der Waals surface area contributed by atoms with E-state index in [9.17, 15) is 19.2 Å². The molecule has 0 fully saturated rings. The van der Waals surface area contributed by atoms with Gasteiger partial charge in [0.1, 0.15) is 11.4 Å². The Morgan fingerprint density at radius 1 is 0.491 bits per heavy atom. The molecule has 55 heavy (non-hydrogen) atoms. The van der Waals surface area contributed by atoms with E-state index in [-0.39, 0.29) is 39.0 Å². The highest BCUT2D eigenvalue weighted by molar-refractivity contribution is 6.60. The van der Waals surface area contributed by atoms with Crippen molar-refractivity contribution in [2.45, 2.75) is 0 Å². The summed E-state index contributed by atoms with van der Waals surface area (Å²) in [5.41, 5.74) is 8.45. The second kappa shape index (κ2) is 15.9. The van der Waals surface area contributed by atoms with Gasteiger partial charge < -0.3 is 10.6 Å². The summed E-state index contributed by atoms with van der Waals surface area (Å²) < 4.78 is 0. The van der Waals surface area contributed by atoms with E-state index in [1.807, 2.05) is 0 Å². The van der Waals surface area contributed by atoms with Crippen LogP contribution in [0.4, 0.5) is 22.7 Å². The Bertz CT molecular complexity index is 2600. The van der Waals surface area contributed by atoms with Crippen LogP contribution in [0.2, 0.25) is 25.1 Å². The average molecular weight is 829 g/mol. The highest BCUT2D eigenvalue weighted by Crippen LogP contribution is 2.31. The Labute approximate surface area is 338 Å². The molecule has 0 atom stereocenters. The number of ketones is 2. The van der Waals surface area contributed by atoms with E-state index in [4.69, 9.17) is 58.0 Å². The number of nitrogens with zero attached hydrogens (tertiary/aromatic N) is 2. The fraction of sp³-hybridized carbons (Fsp3) is 0. The Morgan fingerprint density at radius 3 is 1.45 bits per heavy atom. The van der Waals surface area contributed by atoms with E-state index in [2.05, 4.69) is 31.7 Å². The molecule has 7 rings (SSSR count). The normalized spacial score (nSPS) is 14.8. The predicted octanol–water partition coefficient (Wildman–Crippen LogP) is 9.80. The van der Waals surface area contributed by atoms with Gasteiger partial charge in [0.15, 0.2) is 0 Å². The summed E-state index contributed by atoms with van der Waals surface area (Å²) in [4.78, 5) is 54.4. The van der Waals surface area contributed by atoms with Gasteiger partial charge in [-0.15, -0.1) is 0 Å². The van der Waals surface area contributed by atoms with Crippen molar-refractivity contribution in [1.29, 1.82) is 0 Å². The number of amides is 2. The number of nitrogens with one attached hydrogen (secondary N) is 4. The summed E-state index contributed by atoms with van der Waals surface area (Å²) in [6, 6.07) is 27.8. The van der Waals surface area contributed by atoms with E-state index in [1.54, 1.807) is 84.9 Å². The molecular weight excluding hydrogens is 806 g/mol. The lowest BCUT2D eigenvalue weighted by Gasteiger charge is -2.19. The monoisotopic (exact) mass is 826 g/mol. The molecule has 15 heteroatoms. The number of carbonyl (C=O) groups is 4. The second-order valence-corrected chi connectivity index (χ2v) is 14.0. The fourth-order valence-corrected chi connectivity index (χ4v) is 6.55. The SMILES string of the molecule is O=C(Nc1ccc(NC(=O)C2=Cc3ccccc3C(=NNc3cc(Cl)ccc3Cl)C2=O)c(Cl)c1)C1=Cc2ccccc2C(=NNc2cc(Cl)ccc2Cl)C1=O. The van der Waals surface area contributed by atoms with Crippen molar-refractivity contribution in [1.82, 2.24) is 0 Å². The van der Waals surface area contributed by atoms with Crippen molar-refractivity contribution in [3.63, 3.8) is 0 Å². The van der Waals surface area contributed by atoms with Crippen LogP contribution in [0.25, 0.3) is 12.2 Å². The maximum absolute atomic E-state index is 13.7. The zero-order valence-corrected chi connectivity index (χ0v) is 31.7. The number of benzene rings is 5. The molecule has 0 radical (unpaired) electrons. The minimum atomic E-state index is -0.747. The van der Waals surface area contributed by atoms with Crippen LogP contribution in [0.5, 0.6) is 0 Å². The average Bonchev–Trinajstić information content (AvgIpc) is 3.17. The maximum Gasteiger partial charge on any atom is 0.259 e. The number of carbonyl (C=O) groups excluding carboxylic acids is 4. The fourth-order valence-electron chi connectivity index (χ4n) is 5.66. The molecule has 0 aromatic heterocycles. The summed E-state index contributed by atoms with van der Waals surface area (Å²) in [6.07, 6.45) is 2.93. The zero-order valence-electron chi connectivity index (χ0n) is 27.9. The van der Waals surface area contributed by atoms with Gasteiger partial charge in [-0.1, -0.05) is 107 Å². The van der Waals surface area contributed by atoms with Crippen molar-refractivity contribution < 1.29 is 19.2 Å². The third-order valence-electron chi connectivity index (χ3n) is 8.35. The van der Waals surface area contributed by atoms with Crippen molar-refractivity contribution >= 4 is 128 Å². The van der Waals surface area contributed by atoms with Crippen molar-refractivity contribution in [3.8, 4) is 0 Å². The molecule has 0 aliphatic heterocycles. The van der Waals surface area contributed by atoms with Gasteiger partial charge in [0.2, 0.25) is 11.6 Å². The van der Waals surface area contributed by atoms with Crippen LogP contribution in [0.3, 0.4) is 0 Å². The molecule has 2 aliphatic rings. The van der Waals surface area contributed by atoms with Crippen LogP contribution < -0.4 is 21.5 Å². The number of rotatable bonds is 8. The molecule has 0 bridgehead atoms. The molecule has 5 aromatic carbocycles. The highest BCUT2D eigenvalue weighted by atomic mass is 35.5. The third kappa shape index (κ3) is 8.05. The van der Waals surface area contributed by atoms with E-state index in [0.29, 0.717) is 53.7 Å². The zero-order chi connectivity index (χ0) is 38.8. The number of Topliss-reactive ketones (excluding diaryl/α,β-unsaturated/α-hetero) is 2. The molecule has 4 N–H and O–H groups in total. The molecule has 2 amide bonds. The number of anilines is 4. The van der Waals surface area contributed by atoms with E-state index in [0.717, 1.165) is 0 Å². The molecule has 0 saturated carbocycles. The van der Waals surface area contributed by atoms with Crippen molar-refractivity contribution in [3.05, 3.63) is 162 Å². The Morgan fingerprint density at radius 2 is 0.964 bits per heavy atom. The maximum atomic E-state index is 13.7. The van der Waals surface area contributed by atoms with Crippen molar-refractivity contribution in [2.75, 3.05) is 21.5 Å². The van der Waals surface area contributed by atoms with Crippen LogP contribution in [0, 0.1) is 0 Å². The standard InChI is InChI=1S/C40H23Cl5N6O4/c41-22-9-12-29(43)33(17-22)48-50-35-25-7-3-1-5-20(25)15-27(37(35)52)39(54)46-24-11-14-32(31(45)19-24)47-40(55)28-16-21-6-2-4-8-26(21)36(38(28)53)51-49-34-18-23(42)10-13-30(34)44/h1-19,48-49H,(H,46,54)(H,47,55). The summed E-state index contributed by atoms with van der Waals surface area (Å²) in [5, 5.41) is 15.5. The first-order valence-electron chi connectivity index (χ1n) is 16.2. The van der Waals surface area contributed by atoms with Crippen LogP contribution in [-0.2, 0) is 19.2 Å². The van der Waals surface area contributed by atoms with E-state index >= 15 is 0 Å². The third-order valence-corrected chi connectivity index (χ3v) is 9.79. The smallest absolute Gasteiger partial charge is 0.259 e. The number of hydrogen-bond acceptors (Lipinski definition) is 8. The van der Waals surface area contributed by atoms with Gasteiger partial charge in [-0.25, -0.2) is 0 Å². The molecule has 2 aliphatic carbocycles. The molecule has 10 nitrogen and oxygen atoms in total. The number of hydrogen-bond donors (Lipinski definition) is 4. The topological polar surface area (TPSA) is 141 Å². The molecule has 5 aromatic rings. The molecule has 0 heterocycles. The number of fused-ring (bicyclic) bond motifs is 2. The Balaban J connectivity index is 1.08. The van der Waals surface area contributed by atoms with Crippen LogP contribution >= 0.6 is 58.0 Å². The van der Waals surface area contributed by atoms with Gasteiger partial charge >= 0.3 is 0 Å². The lowest BCUT2D eigenvalue weighted by atomic mass is 9.89. The Hall–Kier alpha value is -5.75. The number of halogens is 5. The van der Waals surface area contributed by atoms with Crippen LogP contribution in [0.1, 0.15) is 22.3 Å². The lowest BCUT2D eigenvalue weighted by Crippen LogP contribution is -2.30. The first-order valence-corrected chi connectivity index (χ1v) is 18.1. The lowest BCUT2D eigenvalue weighted by molar-refractivity contribution is -0.118. The van der Waals surface area contributed by atoms with Gasteiger partial charge in [0, 0.05) is 26.9 Å². The second-order valence-electron chi connectivity index (χ2n) is 11.9. The minimum Gasteiger partial charge on any atom is -0.322 e. The summed E-state index contributed by atoms with van der Waals surface area (Å²) >= 11 is 31.3. The van der Waals surface area contributed by atoms with Gasteiger partial charge in [-0.05, 0) is 77.9 Å². The summed E-state index contributed by atoms with van der Waals surface area (Å²) in [7, 11) is 0. The van der Waals surface area contributed by atoms with E-state index < -0.39 is 23.4 Å². The molecule has 0 unspecified atom stereocenters. The van der Waals surface area contributed by atoms with Gasteiger partial charge in [-0.2, -0.15) is 10.2 Å². The van der Waals surface area contributed by atoms with Crippen molar-refractivity contribution in [2.24, 2.45) is 10.2 Å². The van der Waals surface area contributed by atoms with Gasteiger partial charge in [-0.3, -0.25) is 30.0 Å². The predicted molar refractivity (Wildman–Crippen MR) is 221 cm³/mol. The number of hydrazone groups is 2. The van der Waals surface area contributed by atoms with E-state index in [1.165, 1.54) is 30.4 Å². The summed E-state index contributed by atoms with van der Waals surface area (Å²) in [5.74, 6) is -2.76.